The summed E-state index contributed by atoms with van der Waals surface area (Å²) in [6.07, 6.45) is 0.116. The minimum atomic E-state index is -0.214. The van der Waals surface area contributed by atoms with Crippen molar-refractivity contribution in [2.45, 2.75) is 13.0 Å². The van der Waals surface area contributed by atoms with E-state index in [-0.39, 0.29) is 11.9 Å². The van der Waals surface area contributed by atoms with Crippen molar-refractivity contribution < 1.29 is 9.13 Å². The molecule has 0 fully saturated rings. The summed E-state index contributed by atoms with van der Waals surface area (Å²) in [5.41, 5.74) is 2.02. The molecule has 0 bridgehead atoms. The van der Waals surface area contributed by atoms with E-state index in [1.54, 1.807) is 12.1 Å². The first kappa shape index (κ1) is 11.1. The van der Waals surface area contributed by atoms with E-state index in [1.165, 1.54) is 12.1 Å². The van der Waals surface area contributed by atoms with Crippen LogP contribution in [0.1, 0.15) is 6.92 Å². The van der Waals surface area contributed by atoms with Crippen LogP contribution in [-0.4, -0.2) is 12.6 Å². The molecule has 0 N–H and O–H groups in total. The highest BCUT2D eigenvalue weighted by atomic mass is 19.1. The zero-order valence-electron chi connectivity index (χ0n) is 10.1. The van der Waals surface area contributed by atoms with Gasteiger partial charge in [-0.25, -0.2) is 4.39 Å². The highest BCUT2D eigenvalue weighted by molar-refractivity contribution is 5.70. The number of benzene rings is 2. The second-order valence-electron chi connectivity index (χ2n) is 4.48. The summed E-state index contributed by atoms with van der Waals surface area (Å²) in [5.74, 6) is 0.661. The summed E-state index contributed by atoms with van der Waals surface area (Å²) in [5, 5.41) is 0. The Balaban J connectivity index is 2.04. The molecule has 1 aliphatic heterocycles. The van der Waals surface area contributed by atoms with Crippen LogP contribution in [0.4, 0.5) is 15.8 Å². The van der Waals surface area contributed by atoms with Gasteiger partial charge in [0.25, 0.3) is 0 Å². The number of rotatable bonds is 1. The molecule has 92 valence electrons. The van der Waals surface area contributed by atoms with Gasteiger partial charge in [0.1, 0.15) is 17.7 Å². The Labute approximate surface area is 106 Å². The van der Waals surface area contributed by atoms with Gasteiger partial charge in [0.2, 0.25) is 0 Å². The lowest BCUT2D eigenvalue weighted by molar-refractivity contribution is 0.218. The summed E-state index contributed by atoms with van der Waals surface area (Å²) in [4.78, 5) is 2.16. The van der Waals surface area contributed by atoms with Crippen LogP contribution < -0.4 is 9.64 Å². The SMILES string of the molecule is CC1CN(c2ccc(F)cc2)c2ccccc2O1. The van der Waals surface area contributed by atoms with Gasteiger partial charge in [0.05, 0.1) is 12.2 Å². The summed E-state index contributed by atoms with van der Waals surface area (Å²) in [7, 11) is 0. The van der Waals surface area contributed by atoms with E-state index in [0.717, 1.165) is 23.7 Å². The van der Waals surface area contributed by atoms with Crippen molar-refractivity contribution in [1.82, 2.24) is 0 Å². The normalized spacial score (nSPS) is 18.1. The van der Waals surface area contributed by atoms with E-state index in [1.807, 2.05) is 31.2 Å². The molecule has 0 aromatic heterocycles. The largest absolute Gasteiger partial charge is 0.487 e. The van der Waals surface area contributed by atoms with E-state index < -0.39 is 0 Å². The second-order valence-corrected chi connectivity index (χ2v) is 4.48. The average Bonchev–Trinajstić information content (AvgIpc) is 2.38. The zero-order valence-corrected chi connectivity index (χ0v) is 10.1. The van der Waals surface area contributed by atoms with Gasteiger partial charge in [0.15, 0.2) is 0 Å². The number of hydrogen-bond donors (Lipinski definition) is 0. The van der Waals surface area contributed by atoms with E-state index in [4.69, 9.17) is 4.74 Å². The highest BCUT2D eigenvalue weighted by Crippen LogP contribution is 2.37. The number of nitrogens with zero attached hydrogens (tertiary/aromatic N) is 1. The molecular formula is C15H14FNO. The minimum absolute atomic E-state index is 0.116. The number of hydrogen-bond acceptors (Lipinski definition) is 2. The van der Waals surface area contributed by atoms with Gasteiger partial charge >= 0.3 is 0 Å². The molecule has 2 aromatic rings. The van der Waals surface area contributed by atoms with Gasteiger partial charge in [-0.1, -0.05) is 12.1 Å². The highest BCUT2D eigenvalue weighted by Gasteiger charge is 2.23. The summed E-state index contributed by atoms with van der Waals surface area (Å²) in [6, 6.07) is 14.5. The Morgan fingerprint density at radius 1 is 1.11 bits per heavy atom. The monoisotopic (exact) mass is 243 g/mol. The topological polar surface area (TPSA) is 12.5 Å². The summed E-state index contributed by atoms with van der Waals surface area (Å²) >= 11 is 0. The molecule has 1 heterocycles. The molecule has 3 heteroatoms. The van der Waals surface area contributed by atoms with Crippen LogP contribution in [0.5, 0.6) is 5.75 Å². The van der Waals surface area contributed by atoms with Gasteiger partial charge in [0, 0.05) is 5.69 Å². The molecule has 1 unspecified atom stereocenters. The number of halogens is 1. The molecule has 3 rings (SSSR count). The molecule has 2 aromatic carbocycles. The third kappa shape index (κ3) is 1.92. The fourth-order valence-corrected chi connectivity index (χ4v) is 2.25. The summed E-state index contributed by atoms with van der Waals surface area (Å²) in [6.45, 7) is 2.80. The number of fused-ring (bicyclic) bond motifs is 1. The van der Waals surface area contributed by atoms with Crippen LogP contribution in [0.2, 0.25) is 0 Å². The van der Waals surface area contributed by atoms with Crippen LogP contribution in [0, 0.1) is 5.82 Å². The molecular weight excluding hydrogens is 229 g/mol. The lowest BCUT2D eigenvalue weighted by Crippen LogP contribution is -2.35. The number of ether oxygens (including phenoxy) is 1. The second kappa shape index (κ2) is 4.33. The molecule has 0 radical (unpaired) electrons. The molecule has 18 heavy (non-hydrogen) atoms. The maximum absolute atomic E-state index is 13.0. The van der Waals surface area contributed by atoms with E-state index >= 15 is 0 Å². The van der Waals surface area contributed by atoms with Crippen molar-refractivity contribution in [2.24, 2.45) is 0 Å². The van der Waals surface area contributed by atoms with Crippen molar-refractivity contribution in [3.63, 3.8) is 0 Å². The third-order valence-electron chi connectivity index (χ3n) is 3.06. The quantitative estimate of drug-likeness (QED) is 0.756. The molecule has 0 aliphatic carbocycles. The Morgan fingerprint density at radius 2 is 1.83 bits per heavy atom. The van der Waals surface area contributed by atoms with E-state index in [9.17, 15) is 4.39 Å². The first-order chi connectivity index (χ1) is 8.74. The molecule has 0 spiro atoms. The first-order valence-electron chi connectivity index (χ1n) is 6.03. The Kier molecular flexibility index (Phi) is 2.67. The number of para-hydroxylation sites is 2. The van der Waals surface area contributed by atoms with Gasteiger partial charge in [-0.3, -0.25) is 0 Å². The Hall–Kier alpha value is -2.03. The van der Waals surface area contributed by atoms with Crippen LogP contribution in [0.15, 0.2) is 48.5 Å². The molecule has 1 aliphatic rings. The van der Waals surface area contributed by atoms with Gasteiger partial charge < -0.3 is 9.64 Å². The van der Waals surface area contributed by atoms with Crippen molar-refractivity contribution in [3.8, 4) is 5.75 Å². The van der Waals surface area contributed by atoms with Crippen LogP contribution in [-0.2, 0) is 0 Å². The third-order valence-corrected chi connectivity index (χ3v) is 3.06. The maximum atomic E-state index is 13.0. The van der Waals surface area contributed by atoms with E-state index in [2.05, 4.69) is 4.90 Å². The maximum Gasteiger partial charge on any atom is 0.143 e. The fraction of sp³-hybridized carbons (Fsp3) is 0.200. The Morgan fingerprint density at radius 3 is 2.61 bits per heavy atom. The summed E-state index contributed by atoms with van der Waals surface area (Å²) < 4.78 is 18.8. The van der Waals surface area contributed by atoms with Crippen LogP contribution >= 0.6 is 0 Å². The molecule has 0 saturated heterocycles. The van der Waals surface area contributed by atoms with Gasteiger partial charge in [-0.05, 0) is 43.3 Å². The predicted octanol–water partition coefficient (Wildman–Crippen LogP) is 3.74. The van der Waals surface area contributed by atoms with Gasteiger partial charge in [-0.2, -0.15) is 0 Å². The lowest BCUT2D eigenvalue weighted by Gasteiger charge is -2.34. The van der Waals surface area contributed by atoms with E-state index in [0.29, 0.717) is 0 Å². The lowest BCUT2D eigenvalue weighted by atomic mass is 10.1. The average molecular weight is 243 g/mol. The molecule has 2 nitrogen and oxygen atoms in total. The number of anilines is 2. The van der Waals surface area contributed by atoms with Crippen molar-refractivity contribution in [3.05, 3.63) is 54.3 Å². The van der Waals surface area contributed by atoms with Crippen molar-refractivity contribution >= 4 is 11.4 Å². The molecule has 0 amide bonds. The standard InChI is InChI=1S/C15H14FNO/c1-11-10-17(13-8-6-12(16)7-9-13)14-4-2-3-5-15(14)18-11/h2-9,11H,10H2,1H3. The Bertz CT molecular complexity index is 553. The van der Waals surface area contributed by atoms with Crippen LogP contribution in [0.25, 0.3) is 0 Å². The fourth-order valence-electron chi connectivity index (χ4n) is 2.25. The molecule has 0 saturated carbocycles. The van der Waals surface area contributed by atoms with Crippen LogP contribution in [0.3, 0.4) is 0 Å². The van der Waals surface area contributed by atoms with Crippen molar-refractivity contribution in [1.29, 1.82) is 0 Å². The minimum Gasteiger partial charge on any atom is -0.487 e. The van der Waals surface area contributed by atoms with Gasteiger partial charge in [-0.15, -0.1) is 0 Å². The molecule has 1 atom stereocenters. The van der Waals surface area contributed by atoms with Crippen molar-refractivity contribution in [2.75, 3.05) is 11.4 Å². The predicted molar refractivity (Wildman–Crippen MR) is 69.9 cm³/mol. The zero-order chi connectivity index (χ0) is 12.5. The smallest absolute Gasteiger partial charge is 0.143 e. The first-order valence-corrected chi connectivity index (χ1v) is 6.03.